The second-order valence-electron chi connectivity index (χ2n) is 2.53. The standard InChI is InChI=1S/C10H14.C2H6/c1-3-9-6-5-7-10(4-2)8-9;1-2/h5-8H,3-4H2,1-2H3;1-2H3. The van der Waals surface area contributed by atoms with Crippen molar-refractivity contribution in [3.8, 4) is 0 Å². The maximum atomic E-state index is 2.28. The molecule has 1 rings (SSSR count). The Labute approximate surface area is 76.6 Å². The fourth-order valence-corrected chi connectivity index (χ4v) is 1.07. The van der Waals surface area contributed by atoms with Crippen LogP contribution in [0.4, 0.5) is 0 Å². The van der Waals surface area contributed by atoms with Crippen LogP contribution in [0.2, 0.25) is 0 Å². The number of aryl methyl sites for hydroxylation is 2. The third-order valence-corrected chi connectivity index (χ3v) is 1.81. The topological polar surface area (TPSA) is 0 Å². The van der Waals surface area contributed by atoms with E-state index in [1.807, 2.05) is 13.8 Å². The van der Waals surface area contributed by atoms with Gasteiger partial charge in [0.25, 0.3) is 0 Å². The van der Waals surface area contributed by atoms with Gasteiger partial charge in [-0.05, 0) is 24.0 Å². The minimum Gasteiger partial charge on any atom is -0.0683 e. The molecule has 0 aliphatic rings. The second kappa shape index (κ2) is 6.90. The third-order valence-electron chi connectivity index (χ3n) is 1.81. The minimum atomic E-state index is 1.15. The average Bonchev–Trinajstić information content (AvgIpc) is 2.21. The van der Waals surface area contributed by atoms with Gasteiger partial charge in [0, 0.05) is 0 Å². The molecule has 0 saturated heterocycles. The predicted octanol–water partition coefficient (Wildman–Crippen LogP) is 3.84. The molecule has 0 bridgehead atoms. The minimum absolute atomic E-state index is 1.15. The fraction of sp³-hybridized carbons (Fsp3) is 0.500. The van der Waals surface area contributed by atoms with Crippen LogP contribution in [0.3, 0.4) is 0 Å². The first kappa shape index (κ1) is 11.2. The summed E-state index contributed by atoms with van der Waals surface area (Å²) in [6.45, 7) is 8.38. The van der Waals surface area contributed by atoms with Crippen molar-refractivity contribution in [2.24, 2.45) is 0 Å². The molecule has 12 heavy (non-hydrogen) atoms. The van der Waals surface area contributed by atoms with Gasteiger partial charge in [-0.1, -0.05) is 52.0 Å². The van der Waals surface area contributed by atoms with Crippen molar-refractivity contribution < 1.29 is 0 Å². The van der Waals surface area contributed by atoms with Crippen LogP contribution in [0.1, 0.15) is 38.8 Å². The Hall–Kier alpha value is -0.780. The lowest BCUT2D eigenvalue weighted by molar-refractivity contribution is 1.09. The summed E-state index contributed by atoms with van der Waals surface area (Å²) >= 11 is 0. The van der Waals surface area contributed by atoms with E-state index in [9.17, 15) is 0 Å². The van der Waals surface area contributed by atoms with Crippen molar-refractivity contribution in [1.82, 2.24) is 0 Å². The van der Waals surface area contributed by atoms with Crippen LogP contribution in [0.15, 0.2) is 24.3 Å². The summed E-state index contributed by atoms with van der Waals surface area (Å²) in [5, 5.41) is 0. The van der Waals surface area contributed by atoms with Gasteiger partial charge in [-0.3, -0.25) is 0 Å². The lowest BCUT2D eigenvalue weighted by Gasteiger charge is -1.98. The molecule has 0 N–H and O–H groups in total. The van der Waals surface area contributed by atoms with Crippen molar-refractivity contribution in [2.75, 3.05) is 0 Å². The Morgan fingerprint density at radius 3 is 1.67 bits per heavy atom. The highest BCUT2D eigenvalue weighted by molar-refractivity contribution is 5.23. The average molecular weight is 164 g/mol. The molecule has 68 valence electrons. The maximum Gasteiger partial charge on any atom is -0.0307 e. The van der Waals surface area contributed by atoms with Crippen LogP contribution in [0.5, 0.6) is 0 Å². The highest BCUT2D eigenvalue weighted by Gasteiger charge is 1.89. The zero-order valence-electron chi connectivity index (χ0n) is 8.72. The smallest absolute Gasteiger partial charge is 0.0307 e. The molecule has 0 aliphatic carbocycles. The summed E-state index contributed by atoms with van der Waals surface area (Å²) in [6, 6.07) is 8.77. The van der Waals surface area contributed by atoms with Crippen LogP contribution >= 0.6 is 0 Å². The van der Waals surface area contributed by atoms with Gasteiger partial charge in [-0.25, -0.2) is 0 Å². The van der Waals surface area contributed by atoms with E-state index >= 15 is 0 Å². The lowest BCUT2D eigenvalue weighted by Crippen LogP contribution is -1.83. The van der Waals surface area contributed by atoms with E-state index < -0.39 is 0 Å². The van der Waals surface area contributed by atoms with Gasteiger partial charge in [-0.15, -0.1) is 0 Å². The molecule has 0 heterocycles. The Kier molecular flexibility index (Phi) is 6.45. The van der Waals surface area contributed by atoms with Crippen molar-refractivity contribution in [3.63, 3.8) is 0 Å². The summed E-state index contributed by atoms with van der Waals surface area (Å²) in [7, 11) is 0. The summed E-state index contributed by atoms with van der Waals surface area (Å²) in [5.74, 6) is 0. The number of rotatable bonds is 2. The van der Waals surface area contributed by atoms with Crippen LogP contribution in [0.25, 0.3) is 0 Å². The first-order valence-corrected chi connectivity index (χ1v) is 4.94. The molecule has 1 aromatic rings. The molecule has 0 aromatic heterocycles. The molecule has 0 fully saturated rings. The molecule has 0 radical (unpaired) electrons. The lowest BCUT2D eigenvalue weighted by atomic mass is 10.1. The molecule has 1 aromatic carbocycles. The maximum absolute atomic E-state index is 2.28. The molecule has 0 nitrogen and oxygen atoms in total. The zero-order valence-corrected chi connectivity index (χ0v) is 8.72. The van der Waals surface area contributed by atoms with E-state index in [4.69, 9.17) is 0 Å². The monoisotopic (exact) mass is 164 g/mol. The van der Waals surface area contributed by atoms with Gasteiger partial charge >= 0.3 is 0 Å². The predicted molar refractivity (Wildman–Crippen MR) is 56.5 cm³/mol. The van der Waals surface area contributed by atoms with Gasteiger partial charge in [0.1, 0.15) is 0 Å². The zero-order chi connectivity index (χ0) is 9.40. The second-order valence-corrected chi connectivity index (χ2v) is 2.53. The van der Waals surface area contributed by atoms with E-state index in [2.05, 4.69) is 38.1 Å². The molecular formula is C12H20. The molecule has 0 unspecified atom stereocenters. The van der Waals surface area contributed by atoms with E-state index in [-0.39, 0.29) is 0 Å². The van der Waals surface area contributed by atoms with Crippen LogP contribution < -0.4 is 0 Å². The Bertz CT molecular complexity index is 182. The van der Waals surface area contributed by atoms with Gasteiger partial charge in [0.05, 0.1) is 0 Å². The van der Waals surface area contributed by atoms with Gasteiger partial charge < -0.3 is 0 Å². The molecule has 0 saturated carbocycles. The summed E-state index contributed by atoms with van der Waals surface area (Å²) in [6.07, 6.45) is 2.29. The summed E-state index contributed by atoms with van der Waals surface area (Å²) in [4.78, 5) is 0. The molecule has 0 heteroatoms. The first-order valence-electron chi connectivity index (χ1n) is 4.94. The normalized spacial score (nSPS) is 8.67. The number of benzene rings is 1. The van der Waals surface area contributed by atoms with Gasteiger partial charge in [0.2, 0.25) is 0 Å². The van der Waals surface area contributed by atoms with Crippen molar-refractivity contribution in [2.45, 2.75) is 40.5 Å². The van der Waals surface area contributed by atoms with Crippen molar-refractivity contribution >= 4 is 0 Å². The fourth-order valence-electron chi connectivity index (χ4n) is 1.07. The van der Waals surface area contributed by atoms with Crippen LogP contribution in [-0.4, -0.2) is 0 Å². The molecule has 0 amide bonds. The number of hydrogen-bond donors (Lipinski definition) is 0. The van der Waals surface area contributed by atoms with Crippen LogP contribution in [-0.2, 0) is 12.8 Å². The first-order chi connectivity index (χ1) is 5.86. The molecule has 0 aliphatic heterocycles. The van der Waals surface area contributed by atoms with Gasteiger partial charge in [0.15, 0.2) is 0 Å². The van der Waals surface area contributed by atoms with E-state index in [0.29, 0.717) is 0 Å². The van der Waals surface area contributed by atoms with Gasteiger partial charge in [-0.2, -0.15) is 0 Å². The SMILES string of the molecule is CC.CCc1cccc(CC)c1. The largest absolute Gasteiger partial charge is 0.0683 e. The summed E-state index contributed by atoms with van der Waals surface area (Å²) < 4.78 is 0. The molecule has 0 atom stereocenters. The highest BCUT2D eigenvalue weighted by Crippen LogP contribution is 2.05. The molecule has 0 spiro atoms. The highest BCUT2D eigenvalue weighted by atomic mass is 13.9. The quantitative estimate of drug-likeness (QED) is 0.623. The Balaban J connectivity index is 0.000000561. The third kappa shape index (κ3) is 3.56. The van der Waals surface area contributed by atoms with Crippen LogP contribution in [0, 0.1) is 0 Å². The Morgan fingerprint density at radius 2 is 1.33 bits per heavy atom. The Morgan fingerprint density at radius 1 is 0.917 bits per heavy atom. The van der Waals surface area contributed by atoms with E-state index in [1.54, 1.807) is 0 Å². The summed E-state index contributed by atoms with van der Waals surface area (Å²) in [5.41, 5.74) is 2.89. The van der Waals surface area contributed by atoms with E-state index in [0.717, 1.165) is 12.8 Å². The molecular weight excluding hydrogens is 144 g/mol. The number of hydrogen-bond acceptors (Lipinski definition) is 0. The van der Waals surface area contributed by atoms with E-state index in [1.165, 1.54) is 11.1 Å². The van der Waals surface area contributed by atoms with Crippen molar-refractivity contribution in [3.05, 3.63) is 35.4 Å². The van der Waals surface area contributed by atoms with Crippen molar-refractivity contribution in [1.29, 1.82) is 0 Å².